The van der Waals surface area contributed by atoms with Crippen LogP contribution in [0.3, 0.4) is 0 Å². The summed E-state index contributed by atoms with van der Waals surface area (Å²) in [6, 6.07) is 15.8. The lowest BCUT2D eigenvalue weighted by Gasteiger charge is -2.16. The molecule has 144 valence electrons. The molecule has 2 aromatic carbocycles. The molecule has 0 atom stereocenters. The predicted molar refractivity (Wildman–Crippen MR) is 113 cm³/mol. The van der Waals surface area contributed by atoms with E-state index in [0.717, 1.165) is 34.8 Å². The van der Waals surface area contributed by atoms with Crippen LogP contribution in [0.2, 0.25) is 0 Å². The third-order valence-electron chi connectivity index (χ3n) is 4.44. The van der Waals surface area contributed by atoms with Crippen LogP contribution in [0, 0.1) is 0 Å². The minimum absolute atomic E-state index is 0.662. The first-order valence-corrected chi connectivity index (χ1v) is 10.5. The molecular formula is C22H28N2O2S. The number of thiazole rings is 1. The fourth-order valence-corrected chi connectivity index (χ4v) is 3.67. The van der Waals surface area contributed by atoms with Gasteiger partial charge in [0, 0.05) is 6.54 Å². The molecule has 5 heteroatoms. The van der Waals surface area contributed by atoms with E-state index >= 15 is 0 Å². The number of likely N-dealkylation sites (N-methyl/N-ethyl adjacent to an activating group) is 1. The van der Waals surface area contributed by atoms with E-state index in [4.69, 9.17) is 9.47 Å². The van der Waals surface area contributed by atoms with E-state index in [2.05, 4.69) is 29.9 Å². The van der Waals surface area contributed by atoms with Gasteiger partial charge in [-0.15, -0.1) is 0 Å². The molecule has 1 aromatic heterocycles. The predicted octanol–water partition coefficient (Wildman–Crippen LogP) is 5.98. The van der Waals surface area contributed by atoms with Crippen LogP contribution in [0.15, 0.2) is 48.5 Å². The minimum atomic E-state index is 0.662. The Bertz CT molecular complexity index is 784. The lowest BCUT2D eigenvalue weighted by atomic mass is 10.2. The highest BCUT2D eigenvalue weighted by atomic mass is 32.1. The molecular weight excluding hydrogens is 356 g/mol. The summed E-state index contributed by atoms with van der Waals surface area (Å²) < 4.78 is 12.8. The average Bonchev–Trinajstić information content (AvgIpc) is 3.09. The topological polar surface area (TPSA) is 34.6 Å². The van der Waals surface area contributed by atoms with Crippen LogP contribution in [0.1, 0.15) is 32.6 Å². The highest BCUT2D eigenvalue weighted by molar-refractivity contribution is 7.20. The quantitative estimate of drug-likeness (QED) is 0.381. The molecule has 0 saturated carbocycles. The minimum Gasteiger partial charge on any atom is -0.492 e. The SMILES string of the molecule is CCCCCCN(C)CCOc1ccc(Oc2nc3ccccc3s2)cc1. The molecule has 3 aromatic rings. The van der Waals surface area contributed by atoms with Gasteiger partial charge in [0.05, 0.1) is 10.2 Å². The van der Waals surface area contributed by atoms with Crippen LogP contribution in [0.5, 0.6) is 16.7 Å². The zero-order chi connectivity index (χ0) is 18.9. The lowest BCUT2D eigenvalue weighted by molar-refractivity contribution is 0.234. The Morgan fingerprint density at radius 2 is 1.70 bits per heavy atom. The van der Waals surface area contributed by atoms with E-state index in [1.165, 1.54) is 25.7 Å². The van der Waals surface area contributed by atoms with Crippen LogP contribution < -0.4 is 9.47 Å². The van der Waals surface area contributed by atoms with Crippen molar-refractivity contribution < 1.29 is 9.47 Å². The highest BCUT2D eigenvalue weighted by Gasteiger charge is 2.06. The van der Waals surface area contributed by atoms with Gasteiger partial charge in [0.25, 0.3) is 5.19 Å². The van der Waals surface area contributed by atoms with Gasteiger partial charge in [-0.1, -0.05) is 49.7 Å². The van der Waals surface area contributed by atoms with Crippen molar-refractivity contribution in [1.29, 1.82) is 0 Å². The van der Waals surface area contributed by atoms with Gasteiger partial charge < -0.3 is 14.4 Å². The summed E-state index contributed by atoms with van der Waals surface area (Å²) in [6.45, 7) is 5.02. The van der Waals surface area contributed by atoms with Gasteiger partial charge in [-0.2, -0.15) is 0 Å². The summed E-state index contributed by atoms with van der Waals surface area (Å²) >= 11 is 1.55. The van der Waals surface area contributed by atoms with Gasteiger partial charge in [-0.05, 0) is 56.4 Å². The summed E-state index contributed by atoms with van der Waals surface area (Å²) in [5.41, 5.74) is 0.969. The second-order valence-electron chi connectivity index (χ2n) is 6.73. The summed E-state index contributed by atoms with van der Waals surface area (Å²) in [5.74, 6) is 1.64. The van der Waals surface area contributed by atoms with Crippen LogP contribution >= 0.6 is 11.3 Å². The van der Waals surface area contributed by atoms with Crippen molar-refractivity contribution in [3.05, 3.63) is 48.5 Å². The Kier molecular flexibility index (Phi) is 7.48. The highest BCUT2D eigenvalue weighted by Crippen LogP contribution is 2.31. The number of ether oxygens (including phenoxy) is 2. The standard InChI is InChI=1S/C22H28N2O2S/c1-3-4-5-8-15-24(2)16-17-25-18-11-13-19(14-12-18)26-22-23-20-9-6-7-10-21(20)27-22/h6-7,9-14H,3-5,8,15-17H2,1-2H3. The van der Waals surface area contributed by atoms with E-state index < -0.39 is 0 Å². The number of unbranched alkanes of at least 4 members (excludes halogenated alkanes) is 3. The Morgan fingerprint density at radius 3 is 2.48 bits per heavy atom. The summed E-state index contributed by atoms with van der Waals surface area (Å²) in [6.07, 6.45) is 5.20. The number of rotatable bonds is 11. The number of nitrogens with zero attached hydrogens (tertiary/aromatic N) is 2. The van der Waals surface area contributed by atoms with Crippen LogP contribution in [-0.2, 0) is 0 Å². The van der Waals surface area contributed by atoms with Crippen molar-refractivity contribution in [3.63, 3.8) is 0 Å². The number of fused-ring (bicyclic) bond motifs is 1. The third-order valence-corrected chi connectivity index (χ3v) is 5.35. The number of aromatic nitrogens is 1. The van der Waals surface area contributed by atoms with E-state index in [0.29, 0.717) is 11.8 Å². The fourth-order valence-electron chi connectivity index (χ4n) is 2.84. The van der Waals surface area contributed by atoms with Gasteiger partial charge >= 0.3 is 0 Å². The van der Waals surface area contributed by atoms with Crippen molar-refractivity contribution in [2.45, 2.75) is 32.6 Å². The van der Waals surface area contributed by atoms with E-state index in [9.17, 15) is 0 Å². The zero-order valence-electron chi connectivity index (χ0n) is 16.2. The molecule has 0 unspecified atom stereocenters. The molecule has 0 aliphatic heterocycles. The van der Waals surface area contributed by atoms with Crippen molar-refractivity contribution in [3.8, 4) is 16.7 Å². The maximum absolute atomic E-state index is 5.87. The largest absolute Gasteiger partial charge is 0.492 e. The van der Waals surface area contributed by atoms with Crippen LogP contribution in [0.4, 0.5) is 0 Å². The van der Waals surface area contributed by atoms with Gasteiger partial charge in [-0.3, -0.25) is 0 Å². The Labute approximate surface area is 165 Å². The third kappa shape index (κ3) is 6.22. The monoisotopic (exact) mass is 384 g/mol. The second-order valence-corrected chi connectivity index (χ2v) is 7.73. The smallest absolute Gasteiger partial charge is 0.279 e. The molecule has 0 bridgehead atoms. The number of hydrogen-bond donors (Lipinski definition) is 0. The maximum Gasteiger partial charge on any atom is 0.279 e. The van der Waals surface area contributed by atoms with Gasteiger partial charge in [0.15, 0.2) is 0 Å². The number of para-hydroxylation sites is 1. The number of hydrogen-bond acceptors (Lipinski definition) is 5. The molecule has 4 nitrogen and oxygen atoms in total. The van der Waals surface area contributed by atoms with Crippen molar-refractivity contribution >= 4 is 21.6 Å². The Balaban J connectivity index is 1.42. The summed E-state index contributed by atoms with van der Waals surface area (Å²) in [4.78, 5) is 6.83. The molecule has 0 N–H and O–H groups in total. The first kappa shape index (κ1) is 19.6. The Morgan fingerprint density at radius 1 is 0.926 bits per heavy atom. The van der Waals surface area contributed by atoms with Gasteiger partial charge in [0.2, 0.25) is 0 Å². The molecule has 0 radical (unpaired) electrons. The molecule has 0 aliphatic carbocycles. The fraction of sp³-hybridized carbons (Fsp3) is 0.409. The van der Waals surface area contributed by atoms with Crippen molar-refractivity contribution in [2.75, 3.05) is 26.7 Å². The molecule has 0 amide bonds. The maximum atomic E-state index is 5.87. The summed E-state index contributed by atoms with van der Waals surface area (Å²) in [7, 11) is 2.16. The van der Waals surface area contributed by atoms with E-state index in [1.54, 1.807) is 11.3 Å². The normalized spacial score (nSPS) is 11.2. The molecule has 0 fully saturated rings. The number of benzene rings is 2. The first-order chi connectivity index (χ1) is 13.2. The molecule has 1 heterocycles. The van der Waals surface area contributed by atoms with E-state index in [-0.39, 0.29) is 0 Å². The molecule has 0 aliphatic rings. The lowest BCUT2D eigenvalue weighted by Crippen LogP contribution is -2.25. The second kappa shape index (κ2) is 10.3. The Hall–Kier alpha value is -2.11. The van der Waals surface area contributed by atoms with Crippen molar-refractivity contribution in [2.24, 2.45) is 0 Å². The first-order valence-electron chi connectivity index (χ1n) is 9.69. The molecule has 3 rings (SSSR count). The van der Waals surface area contributed by atoms with Gasteiger partial charge in [-0.25, -0.2) is 4.98 Å². The van der Waals surface area contributed by atoms with Crippen molar-refractivity contribution in [1.82, 2.24) is 9.88 Å². The van der Waals surface area contributed by atoms with E-state index in [1.807, 2.05) is 42.5 Å². The zero-order valence-corrected chi connectivity index (χ0v) is 17.0. The molecule has 0 saturated heterocycles. The van der Waals surface area contributed by atoms with Crippen LogP contribution in [0.25, 0.3) is 10.2 Å². The molecule has 27 heavy (non-hydrogen) atoms. The average molecular weight is 385 g/mol. The summed E-state index contributed by atoms with van der Waals surface area (Å²) in [5, 5.41) is 0.662. The van der Waals surface area contributed by atoms with Crippen LogP contribution in [-0.4, -0.2) is 36.6 Å². The van der Waals surface area contributed by atoms with Gasteiger partial charge in [0.1, 0.15) is 18.1 Å². The molecule has 0 spiro atoms.